The fraction of sp³-hybridized carbons (Fsp3) is 0.529. The van der Waals surface area contributed by atoms with Crippen molar-refractivity contribution in [2.75, 3.05) is 38.5 Å². The van der Waals surface area contributed by atoms with Crippen LogP contribution in [0.15, 0.2) is 24.3 Å². The van der Waals surface area contributed by atoms with Crippen molar-refractivity contribution in [3.8, 4) is 0 Å². The molecule has 3 rings (SSSR count). The van der Waals surface area contributed by atoms with Gasteiger partial charge in [-0.05, 0) is 24.7 Å². The first-order valence-corrected chi connectivity index (χ1v) is 7.90. The number of nitrogens with zero attached hydrogens (tertiary/aromatic N) is 2. The number of likely N-dealkylation sites (tertiary alicyclic amines) is 2. The maximum atomic E-state index is 11.8. The van der Waals surface area contributed by atoms with Gasteiger partial charge in [0, 0.05) is 51.3 Å². The van der Waals surface area contributed by atoms with E-state index in [4.69, 9.17) is 0 Å². The number of nitrogens with one attached hydrogen (secondary N) is 1. The molecule has 0 aromatic heterocycles. The summed E-state index contributed by atoms with van der Waals surface area (Å²) in [5, 5.41) is 12.5. The molecule has 2 fully saturated rings. The second-order valence-electron chi connectivity index (χ2n) is 6.90. The Balaban J connectivity index is 1.66. The predicted molar refractivity (Wildman–Crippen MR) is 87.1 cm³/mol. The zero-order valence-electron chi connectivity index (χ0n) is 13.6. The van der Waals surface area contributed by atoms with Gasteiger partial charge in [-0.2, -0.15) is 0 Å². The largest absolute Gasteiger partial charge is 0.481 e. The third kappa shape index (κ3) is 3.09. The highest BCUT2D eigenvalue weighted by molar-refractivity contribution is 5.88. The fourth-order valence-corrected chi connectivity index (χ4v) is 4.00. The first-order chi connectivity index (χ1) is 10.9. The van der Waals surface area contributed by atoms with E-state index in [1.54, 1.807) is 0 Å². The van der Waals surface area contributed by atoms with Crippen LogP contribution >= 0.6 is 0 Å². The number of hydrogen-bond donors (Lipinski definition) is 2. The van der Waals surface area contributed by atoms with Crippen LogP contribution in [0, 0.1) is 11.3 Å². The average molecular weight is 317 g/mol. The van der Waals surface area contributed by atoms with E-state index < -0.39 is 11.4 Å². The summed E-state index contributed by atoms with van der Waals surface area (Å²) >= 11 is 0. The molecule has 124 valence electrons. The van der Waals surface area contributed by atoms with Crippen LogP contribution in [0.5, 0.6) is 0 Å². The molecule has 23 heavy (non-hydrogen) atoms. The molecule has 2 atom stereocenters. The number of carbonyl (C=O) groups is 2. The normalized spacial score (nSPS) is 27.8. The molecule has 2 aliphatic rings. The molecule has 2 aliphatic heterocycles. The zero-order chi connectivity index (χ0) is 16.6. The summed E-state index contributed by atoms with van der Waals surface area (Å²) in [6.45, 7) is 5.14. The third-order valence-electron chi connectivity index (χ3n) is 4.96. The highest BCUT2D eigenvalue weighted by Gasteiger charge is 2.56. The molecular formula is C17H23N3O3. The number of benzene rings is 1. The van der Waals surface area contributed by atoms with Crippen molar-refractivity contribution in [2.45, 2.75) is 13.5 Å². The van der Waals surface area contributed by atoms with E-state index in [0.717, 1.165) is 30.9 Å². The van der Waals surface area contributed by atoms with E-state index in [2.05, 4.69) is 15.1 Å². The second-order valence-corrected chi connectivity index (χ2v) is 6.90. The van der Waals surface area contributed by atoms with E-state index in [0.29, 0.717) is 13.1 Å². The summed E-state index contributed by atoms with van der Waals surface area (Å²) in [7, 11) is 1.99. The van der Waals surface area contributed by atoms with Gasteiger partial charge in [0.25, 0.3) is 0 Å². The van der Waals surface area contributed by atoms with Crippen molar-refractivity contribution in [3.63, 3.8) is 0 Å². The Morgan fingerprint density at radius 2 is 1.96 bits per heavy atom. The minimum atomic E-state index is -0.671. The number of carboxylic acids is 1. The van der Waals surface area contributed by atoms with Gasteiger partial charge in [-0.3, -0.25) is 14.5 Å². The van der Waals surface area contributed by atoms with Crippen molar-refractivity contribution in [1.82, 2.24) is 9.80 Å². The van der Waals surface area contributed by atoms with Gasteiger partial charge in [0.15, 0.2) is 0 Å². The number of carbonyl (C=O) groups excluding carboxylic acids is 1. The van der Waals surface area contributed by atoms with Crippen LogP contribution in [0.4, 0.5) is 5.69 Å². The number of hydrogen-bond acceptors (Lipinski definition) is 4. The number of amides is 1. The highest BCUT2D eigenvalue weighted by Crippen LogP contribution is 2.42. The van der Waals surface area contributed by atoms with E-state index in [1.807, 2.05) is 31.3 Å². The first-order valence-electron chi connectivity index (χ1n) is 7.90. The van der Waals surface area contributed by atoms with Crippen molar-refractivity contribution < 1.29 is 14.7 Å². The molecule has 1 aromatic carbocycles. The lowest BCUT2D eigenvalue weighted by Gasteiger charge is -2.24. The topological polar surface area (TPSA) is 72.9 Å². The summed E-state index contributed by atoms with van der Waals surface area (Å²) in [5.74, 6) is -0.559. The van der Waals surface area contributed by atoms with Crippen LogP contribution in [0.2, 0.25) is 0 Å². The zero-order valence-corrected chi connectivity index (χ0v) is 13.6. The Bertz CT molecular complexity index is 616. The third-order valence-corrected chi connectivity index (χ3v) is 4.96. The minimum Gasteiger partial charge on any atom is -0.481 e. The van der Waals surface area contributed by atoms with E-state index >= 15 is 0 Å². The van der Waals surface area contributed by atoms with Gasteiger partial charge in [-0.15, -0.1) is 0 Å². The monoisotopic (exact) mass is 317 g/mol. The maximum Gasteiger partial charge on any atom is 0.312 e. The van der Waals surface area contributed by atoms with Crippen LogP contribution in [-0.2, 0) is 16.1 Å². The number of carboxylic acid groups (broad SMARTS) is 1. The van der Waals surface area contributed by atoms with E-state index in [1.165, 1.54) is 6.92 Å². The van der Waals surface area contributed by atoms with Crippen LogP contribution in [-0.4, -0.2) is 60.0 Å². The standard InChI is InChI=1S/C17H23N3O3/c1-12(21)18-15-5-3-13(4-6-15)7-20-9-14-8-19(2)10-17(14,11-20)16(22)23/h3-6,14H,7-11H2,1-2H3,(H,18,21)(H,22,23)/t14-,17-/m0/s1. The van der Waals surface area contributed by atoms with Crippen molar-refractivity contribution in [2.24, 2.45) is 11.3 Å². The number of aliphatic carboxylic acids is 1. The van der Waals surface area contributed by atoms with Gasteiger partial charge in [-0.25, -0.2) is 0 Å². The van der Waals surface area contributed by atoms with Crippen molar-refractivity contribution >= 4 is 17.6 Å². The maximum absolute atomic E-state index is 11.8. The Labute approximate surface area is 136 Å². The lowest BCUT2D eigenvalue weighted by Crippen LogP contribution is -2.40. The van der Waals surface area contributed by atoms with Crippen molar-refractivity contribution in [3.05, 3.63) is 29.8 Å². The quantitative estimate of drug-likeness (QED) is 0.870. The first kappa shape index (κ1) is 16.0. The van der Waals surface area contributed by atoms with Gasteiger partial charge < -0.3 is 15.3 Å². The number of rotatable bonds is 4. The van der Waals surface area contributed by atoms with Gasteiger partial charge in [0.2, 0.25) is 5.91 Å². The van der Waals surface area contributed by atoms with Gasteiger partial charge in [-0.1, -0.05) is 12.1 Å². The molecule has 0 radical (unpaired) electrons. The highest BCUT2D eigenvalue weighted by atomic mass is 16.4. The summed E-state index contributed by atoms with van der Waals surface area (Å²) < 4.78 is 0. The van der Waals surface area contributed by atoms with E-state index in [-0.39, 0.29) is 11.8 Å². The molecule has 1 aromatic rings. The minimum absolute atomic E-state index is 0.0855. The molecule has 0 saturated carbocycles. The van der Waals surface area contributed by atoms with Crippen LogP contribution in [0.1, 0.15) is 12.5 Å². The van der Waals surface area contributed by atoms with Gasteiger partial charge >= 0.3 is 5.97 Å². The number of anilines is 1. The molecule has 2 N–H and O–H groups in total. The summed E-state index contributed by atoms with van der Waals surface area (Å²) in [4.78, 5) is 27.2. The lowest BCUT2D eigenvalue weighted by molar-refractivity contribution is -0.148. The summed E-state index contributed by atoms with van der Waals surface area (Å²) in [6, 6.07) is 7.74. The Morgan fingerprint density at radius 1 is 1.26 bits per heavy atom. The summed E-state index contributed by atoms with van der Waals surface area (Å²) in [5.41, 5.74) is 1.29. The Morgan fingerprint density at radius 3 is 2.52 bits per heavy atom. The Hall–Kier alpha value is -1.92. The average Bonchev–Trinajstić information content (AvgIpc) is 2.93. The molecule has 0 aliphatic carbocycles. The van der Waals surface area contributed by atoms with Crippen LogP contribution in [0.3, 0.4) is 0 Å². The van der Waals surface area contributed by atoms with Gasteiger partial charge in [0.1, 0.15) is 0 Å². The fourth-order valence-electron chi connectivity index (χ4n) is 4.00. The second kappa shape index (κ2) is 5.94. The van der Waals surface area contributed by atoms with Crippen LogP contribution in [0.25, 0.3) is 0 Å². The molecule has 2 heterocycles. The van der Waals surface area contributed by atoms with E-state index in [9.17, 15) is 14.7 Å². The molecule has 2 saturated heterocycles. The number of fused-ring (bicyclic) bond motifs is 1. The smallest absolute Gasteiger partial charge is 0.312 e. The SMILES string of the molecule is CC(=O)Nc1ccc(CN2C[C@@H]3CN(C)C[C@]3(C(=O)O)C2)cc1. The lowest BCUT2D eigenvalue weighted by atomic mass is 9.81. The van der Waals surface area contributed by atoms with Crippen molar-refractivity contribution in [1.29, 1.82) is 0 Å². The van der Waals surface area contributed by atoms with Crippen LogP contribution < -0.4 is 5.32 Å². The Kier molecular flexibility index (Phi) is 4.12. The predicted octanol–water partition coefficient (Wildman–Crippen LogP) is 1.09. The molecule has 6 nitrogen and oxygen atoms in total. The molecule has 0 spiro atoms. The molecule has 0 bridgehead atoms. The summed E-state index contributed by atoms with van der Waals surface area (Å²) in [6.07, 6.45) is 0. The molecular weight excluding hydrogens is 294 g/mol. The molecule has 1 amide bonds. The molecule has 6 heteroatoms. The van der Waals surface area contributed by atoms with Gasteiger partial charge in [0.05, 0.1) is 5.41 Å². The molecule has 0 unspecified atom stereocenters.